The van der Waals surface area contributed by atoms with E-state index in [2.05, 4.69) is 17.0 Å². The molecule has 0 aromatic rings. The number of hydrogen-bond acceptors (Lipinski definition) is 2. The summed E-state index contributed by atoms with van der Waals surface area (Å²) in [5, 5.41) is 3.41. The molecule has 2 rings (SSSR count). The predicted octanol–water partition coefficient (Wildman–Crippen LogP) is 1.47. The maximum absolute atomic E-state index is 4.07. The Bertz CT molecular complexity index is 167. The van der Waals surface area contributed by atoms with Crippen LogP contribution >= 0.6 is 0 Å². The van der Waals surface area contributed by atoms with Crippen molar-refractivity contribution in [1.29, 1.82) is 0 Å². The molecule has 1 N–H and O–H groups in total. The highest BCUT2D eigenvalue weighted by atomic mass is 14.9. The molecular formula is C10H18N2. The Labute approximate surface area is 74.5 Å². The van der Waals surface area contributed by atoms with Gasteiger partial charge in [0.05, 0.1) is 0 Å². The van der Waals surface area contributed by atoms with Crippen LogP contribution in [0.15, 0.2) is 4.99 Å². The van der Waals surface area contributed by atoms with Crippen LogP contribution in [0.2, 0.25) is 0 Å². The van der Waals surface area contributed by atoms with E-state index in [1.54, 1.807) is 0 Å². The van der Waals surface area contributed by atoms with Crippen LogP contribution in [0.3, 0.4) is 0 Å². The van der Waals surface area contributed by atoms with E-state index in [1.807, 2.05) is 0 Å². The molecule has 1 aliphatic heterocycles. The van der Waals surface area contributed by atoms with Gasteiger partial charge in [-0.25, -0.2) is 0 Å². The highest BCUT2D eigenvalue weighted by Crippen LogP contribution is 2.54. The second-order valence-electron chi connectivity index (χ2n) is 4.27. The maximum atomic E-state index is 4.07. The van der Waals surface area contributed by atoms with Gasteiger partial charge in [-0.05, 0) is 56.8 Å². The largest absolute Gasteiger partial charge is 0.317 e. The zero-order valence-corrected chi connectivity index (χ0v) is 7.68. The standard InChI is InChI=1S/C10H18N2/c1-11-8-10(4-5-10)9-2-6-12-7-3-9/h9,12H,1-8H2. The summed E-state index contributed by atoms with van der Waals surface area (Å²) in [5.41, 5.74) is 0.601. The number of nitrogens with one attached hydrogen (secondary N) is 1. The Morgan fingerprint density at radius 1 is 1.33 bits per heavy atom. The van der Waals surface area contributed by atoms with E-state index in [0.717, 1.165) is 12.5 Å². The molecule has 1 heterocycles. The fourth-order valence-corrected chi connectivity index (χ4v) is 2.51. The highest BCUT2D eigenvalue weighted by Gasteiger charge is 2.48. The minimum absolute atomic E-state index is 0.601. The lowest BCUT2D eigenvalue weighted by molar-refractivity contribution is 0.245. The van der Waals surface area contributed by atoms with Gasteiger partial charge in [0.1, 0.15) is 0 Å². The first kappa shape index (κ1) is 8.24. The van der Waals surface area contributed by atoms with Crippen molar-refractivity contribution >= 4 is 6.72 Å². The molecule has 0 aromatic carbocycles. The summed E-state index contributed by atoms with van der Waals surface area (Å²) in [6, 6.07) is 0. The number of aliphatic imine (C=N–C) groups is 1. The summed E-state index contributed by atoms with van der Waals surface area (Å²) in [7, 11) is 0. The van der Waals surface area contributed by atoms with Gasteiger partial charge in [-0.15, -0.1) is 0 Å². The number of rotatable bonds is 3. The summed E-state index contributed by atoms with van der Waals surface area (Å²) in [4.78, 5) is 4.07. The van der Waals surface area contributed by atoms with Gasteiger partial charge in [-0.2, -0.15) is 0 Å². The maximum Gasteiger partial charge on any atom is 0.0441 e. The van der Waals surface area contributed by atoms with Crippen LogP contribution in [0.5, 0.6) is 0 Å². The third-order valence-electron chi connectivity index (χ3n) is 3.52. The predicted molar refractivity (Wildman–Crippen MR) is 51.7 cm³/mol. The zero-order chi connectivity index (χ0) is 8.44. The Morgan fingerprint density at radius 3 is 2.50 bits per heavy atom. The van der Waals surface area contributed by atoms with Crippen LogP contribution in [0, 0.1) is 11.3 Å². The number of nitrogens with zero attached hydrogens (tertiary/aromatic N) is 1. The van der Waals surface area contributed by atoms with Crippen molar-refractivity contribution in [2.24, 2.45) is 16.3 Å². The Morgan fingerprint density at radius 2 is 2.00 bits per heavy atom. The summed E-state index contributed by atoms with van der Waals surface area (Å²) < 4.78 is 0. The summed E-state index contributed by atoms with van der Waals surface area (Å²) in [5.74, 6) is 0.934. The monoisotopic (exact) mass is 166 g/mol. The first-order valence-electron chi connectivity index (χ1n) is 5.01. The average Bonchev–Trinajstić information content (AvgIpc) is 2.88. The molecule has 68 valence electrons. The molecule has 0 spiro atoms. The van der Waals surface area contributed by atoms with Crippen molar-refractivity contribution < 1.29 is 0 Å². The van der Waals surface area contributed by atoms with Gasteiger partial charge in [0.25, 0.3) is 0 Å². The Hall–Kier alpha value is -0.370. The normalized spacial score (nSPS) is 28.3. The number of piperidine rings is 1. The van der Waals surface area contributed by atoms with Gasteiger partial charge >= 0.3 is 0 Å². The lowest BCUT2D eigenvalue weighted by Gasteiger charge is -2.29. The van der Waals surface area contributed by atoms with E-state index in [0.29, 0.717) is 5.41 Å². The van der Waals surface area contributed by atoms with Crippen LogP contribution in [0.25, 0.3) is 0 Å². The first-order valence-corrected chi connectivity index (χ1v) is 5.01. The second kappa shape index (κ2) is 3.17. The van der Waals surface area contributed by atoms with E-state index in [4.69, 9.17) is 0 Å². The van der Waals surface area contributed by atoms with Crippen LogP contribution < -0.4 is 5.32 Å². The van der Waals surface area contributed by atoms with Gasteiger partial charge in [-0.3, -0.25) is 0 Å². The third-order valence-corrected chi connectivity index (χ3v) is 3.52. The molecule has 2 fully saturated rings. The van der Waals surface area contributed by atoms with Crippen LogP contribution in [0.1, 0.15) is 25.7 Å². The van der Waals surface area contributed by atoms with Gasteiger partial charge in [0.15, 0.2) is 0 Å². The van der Waals surface area contributed by atoms with E-state index in [1.165, 1.54) is 38.8 Å². The van der Waals surface area contributed by atoms with Crippen molar-refractivity contribution in [3.63, 3.8) is 0 Å². The van der Waals surface area contributed by atoms with E-state index >= 15 is 0 Å². The minimum atomic E-state index is 0.601. The average molecular weight is 166 g/mol. The summed E-state index contributed by atoms with van der Waals surface area (Å²) in [6.45, 7) is 7.05. The fraction of sp³-hybridized carbons (Fsp3) is 0.900. The summed E-state index contributed by atoms with van der Waals surface area (Å²) >= 11 is 0. The van der Waals surface area contributed by atoms with Crippen molar-refractivity contribution in [2.45, 2.75) is 25.7 Å². The molecule has 0 amide bonds. The molecule has 0 aromatic heterocycles. The van der Waals surface area contributed by atoms with Crippen molar-refractivity contribution in [2.75, 3.05) is 19.6 Å². The van der Waals surface area contributed by atoms with E-state index in [9.17, 15) is 0 Å². The molecule has 2 heteroatoms. The molecule has 1 saturated heterocycles. The van der Waals surface area contributed by atoms with E-state index in [-0.39, 0.29) is 0 Å². The van der Waals surface area contributed by atoms with Crippen molar-refractivity contribution in [3.05, 3.63) is 0 Å². The minimum Gasteiger partial charge on any atom is -0.317 e. The quantitative estimate of drug-likeness (QED) is 0.631. The molecule has 0 atom stereocenters. The summed E-state index contributed by atoms with van der Waals surface area (Å²) in [6.07, 6.45) is 5.51. The van der Waals surface area contributed by atoms with Gasteiger partial charge in [0.2, 0.25) is 0 Å². The highest BCUT2D eigenvalue weighted by molar-refractivity contribution is 5.24. The Balaban J connectivity index is 1.92. The zero-order valence-electron chi connectivity index (χ0n) is 7.68. The Kier molecular flexibility index (Phi) is 2.18. The molecule has 0 bridgehead atoms. The molecule has 1 aliphatic carbocycles. The molecule has 0 unspecified atom stereocenters. The topological polar surface area (TPSA) is 24.4 Å². The van der Waals surface area contributed by atoms with Crippen molar-refractivity contribution in [3.8, 4) is 0 Å². The lowest BCUT2D eigenvalue weighted by Crippen LogP contribution is -2.33. The lowest BCUT2D eigenvalue weighted by atomic mass is 9.82. The van der Waals surface area contributed by atoms with Crippen LogP contribution in [0.4, 0.5) is 0 Å². The van der Waals surface area contributed by atoms with E-state index < -0.39 is 0 Å². The van der Waals surface area contributed by atoms with Gasteiger partial charge < -0.3 is 10.3 Å². The van der Waals surface area contributed by atoms with Gasteiger partial charge in [-0.1, -0.05) is 0 Å². The first-order chi connectivity index (χ1) is 5.87. The molecule has 2 aliphatic rings. The SMILES string of the molecule is C=NCC1(C2CCNCC2)CC1. The van der Waals surface area contributed by atoms with Gasteiger partial charge in [0, 0.05) is 6.54 Å². The van der Waals surface area contributed by atoms with Crippen LogP contribution in [-0.2, 0) is 0 Å². The second-order valence-corrected chi connectivity index (χ2v) is 4.27. The molecule has 12 heavy (non-hydrogen) atoms. The number of hydrogen-bond donors (Lipinski definition) is 1. The van der Waals surface area contributed by atoms with Crippen molar-refractivity contribution in [1.82, 2.24) is 5.32 Å². The molecule has 2 nitrogen and oxygen atoms in total. The third kappa shape index (κ3) is 1.40. The fourth-order valence-electron chi connectivity index (χ4n) is 2.51. The smallest absolute Gasteiger partial charge is 0.0441 e. The molecular weight excluding hydrogens is 148 g/mol. The van der Waals surface area contributed by atoms with Crippen LogP contribution in [-0.4, -0.2) is 26.4 Å². The molecule has 1 saturated carbocycles. The molecule has 0 radical (unpaired) electrons.